The minimum absolute atomic E-state index is 0.149. The van der Waals surface area contributed by atoms with Gasteiger partial charge in [-0.05, 0) is 55.0 Å². The predicted octanol–water partition coefficient (Wildman–Crippen LogP) is 5.62. The van der Waals surface area contributed by atoms with Crippen LogP contribution in [0.15, 0.2) is 58.8 Å². The molecule has 0 unspecified atom stereocenters. The molecule has 4 rings (SSSR count). The molecule has 34 heavy (non-hydrogen) atoms. The highest BCUT2D eigenvalue weighted by molar-refractivity contribution is 9.10. The minimum Gasteiger partial charge on any atom is -0.497 e. The number of carbonyl (C=O) groups is 2. The number of hydrogen-bond acceptors (Lipinski definition) is 7. The number of hydrogen-bond donors (Lipinski definition) is 0. The van der Waals surface area contributed by atoms with Crippen molar-refractivity contribution in [2.75, 3.05) is 21.3 Å². The van der Waals surface area contributed by atoms with Crippen LogP contribution in [0.3, 0.4) is 0 Å². The summed E-state index contributed by atoms with van der Waals surface area (Å²) in [6, 6.07) is 13.4. The second-order valence-electron chi connectivity index (χ2n) is 7.43. The summed E-state index contributed by atoms with van der Waals surface area (Å²) in [7, 11) is 4.55. The molecule has 1 aliphatic rings. The van der Waals surface area contributed by atoms with Gasteiger partial charge in [0, 0.05) is 22.2 Å². The molecule has 8 heteroatoms. The number of halogens is 1. The van der Waals surface area contributed by atoms with E-state index in [0.717, 1.165) is 4.47 Å². The Morgan fingerprint density at radius 2 is 1.62 bits per heavy atom. The molecule has 0 saturated carbocycles. The van der Waals surface area contributed by atoms with Crippen LogP contribution in [-0.4, -0.2) is 33.1 Å². The van der Waals surface area contributed by atoms with E-state index < -0.39 is 5.97 Å². The zero-order valence-corrected chi connectivity index (χ0v) is 20.5. The molecule has 3 aromatic rings. The molecule has 1 aliphatic heterocycles. The van der Waals surface area contributed by atoms with Gasteiger partial charge in [0.2, 0.25) is 5.78 Å². The molecule has 0 atom stereocenters. The Morgan fingerprint density at radius 1 is 0.912 bits per heavy atom. The zero-order chi connectivity index (χ0) is 24.4. The molecular formula is C26H21BrO7. The van der Waals surface area contributed by atoms with E-state index in [9.17, 15) is 9.59 Å². The second-order valence-corrected chi connectivity index (χ2v) is 8.35. The summed E-state index contributed by atoms with van der Waals surface area (Å²) in [4.78, 5) is 25.8. The van der Waals surface area contributed by atoms with Crippen LogP contribution >= 0.6 is 15.9 Å². The summed E-state index contributed by atoms with van der Waals surface area (Å²) in [6.45, 7) is 1.76. The lowest BCUT2D eigenvalue weighted by Crippen LogP contribution is -2.09. The fourth-order valence-corrected chi connectivity index (χ4v) is 3.97. The number of rotatable bonds is 6. The van der Waals surface area contributed by atoms with E-state index >= 15 is 0 Å². The van der Waals surface area contributed by atoms with Crippen LogP contribution in [0.4, 0.5) is 0 Å². The number of Topliss-reactive ketones (excluding diaryl/α,β-unsaturated/α-hetero) is 1. The molecule has 0 saturated heterocycles. The Hall–Kier alpha value is -3.78. The number of carbonyl (C=O) groups excluding carboxylic acids is 2. The standard InChI is InChI=1S/C26H21BrO7/c1-14-7-20(33-26(29)16-9-18(30-2)12-19(10-16)31-3)13-22-24(14)25(28)23(34-22)11-15-8-17(27)5-6-21(15)32-4/h5-13H,1-4H3/b23-11-. The van der Waals surface area contributed by atoms with Gasteiger partial charge in [-0.25, -0.2) is 4.79 Å². The molecule has 0 spiro atoms. The molecule has 174 valence electrons. The highest BCUT2D eigenvalue weighted by atomic mass is 79.9. The SMILES string of the molecule is COc1cc(OC)cc(C(=O)Oc2cc(C)c3c(c2)O/C(=C\c2cc(Br)ccc2OC)C3=O)c1. The summed E-state index contributed by atoms with van der Waals surface area (Å²) >= 11 is 3.42. The lowest BCUT2D eigenvalue weighted by Gasteiger charge is -2.10. The first-order valence-corrected chi connectivity index (χ1v) is 11.0. The van der Waals surface area contributed by atoms with Crippen molar-refractivity contribution in [3.63, 3.8) is 0 Å². The number of aryl methyl sites for hydroxylation is 1. The fraction of sp³-hybridized carbons (Fsp3) is 0.154. The first-order valence-electron chi connectivity index (χ1n) is 10.2. The number of allylic oxidation sites excluding steroid dienone is 1. The van der Waals surface area contributed by atoms with E-state index in [1.165, 1.54) is 20.3 Å². The number of ether oxygens (including phenoxy) is 5. The van der Waals surface area contributed by atoms with Crippen LogP contribution < -0.4 is 23.7 Å². The number of ketones is 1. The molecule has 0 aromatic heterocycles. The van der Waals surface area contributed by atoms with Crippen molar-refractivity contribution < 1.29 is 33.3 Å². The van der Waals surface area contributed by atoms with E-state index in [-0.39, 0.29) is 22.9 Å². The Bertz CT molecular complexity index is 1300. The van der Waals surface area contributed by atoms with Gasteiger partial charge in [0.15, 0.2) is 5.76 Å². The first kappa shape index (κ1) is 23.4. The topological polar surface area (TPSA) is 80.3 Å². The smallest absolute Gasteiger partial charge is 0.343 e. The third kappa shape index (κ3) is 4.63. The minimum atomic E-state index is -0.601. The number of benzene rings is 3. The lowest BCUT2D eigenvalue weighted by molar-refractivity contribution is 0.0733. The third-order valence-corrected chi connectivity index (χ3v) is 5.71. The van der Waals surface area contributed by atoms with Crippen molar-refractivity contribution in [2.45, 2.75) is 6.92 Å². The van der Waals surface area contributed by atoms with Gasteiger partial charge in [-0.15, -0.1) is 0 Å². The Balaban J connectivity index is 1.63. The summed E-state index contributed by atoms with van der Waals surface area (Å²) < 4.78 is 28.0. The van der Waals surface area contributed by atoms with Crippen molar-refractivity contribution in [3.05, 3.63) is 81.0 Å². The Labute approximate surface area is 205 Å². The molecule has 0 fully saturated rings. The quantitative estimate of drug-likeness (QED) is 0.235. The maximum atomic E-state index is 13.0. The Kier molecular flexibility index (Phi) is 6.61. The van der Waals surface area contributed by atoms with E-state index in [2.05, 4.69) is 15.9 Å². The second kappa shape index (κ2) is 9.61. The average molecular weight is 525 g/mol. The number of esters is 1. The normalized spacial score (nSPS) is 13.3. The summed E-state index contributed by atoms with van der Waals surface area (Å²) in [5.41, 5.74) is 1.99. The molecule has 3 aromatic carbocycles. The summed E-state index contributed by atoms with van der Waals surface area (Å²) in [6.07, 6.45) is 1.62. The van der Waals surface area contributed by atoms with Gasteiger partial charge in [0.1, 0.15) is 28.7 Å². The molecule has 0 N–H and O–H groups in total. The monoisotopic (exact) mass is 524 g/mol. The van der Waals surface area contributed by atoms with Gasteiger partial charge in [-0.3, -0.25) is 4.79 Å². The largest absolute Gasteiger partial charge is 0.497 e. The molecular weight excluding hydrogens is 504 g/mol. The highest BCUT2D eigenvalue weighted by Gasteiger charge is 2.30. The van der Waals surface area contributed by atoms with Crippen LogP contribution in [0.2, 0.25) is 0 Å². The van der Waals surface area contributed by atoms with Crippen molar-refractivity contribution in [3.8, 4) is 28.7 Å². The molecule has 1 heterocycles. The van der Waals surface area contributed by atoms with Gasteiger partial charge < -0.3 is 23.7 Å². The average Bonchev–Trinajstić information content (AvgIpc) is 3.14. The van der Waals surface area contributed by atoms with Gasteiger partial charge in [-0.1, -0.05) is 15.9 Å². The van der Waals surface area contributed by atoms with Crippen molar-refractivity contribution in [1.82, 2.24) is 0 Å². The van der Waals surface area contributed by atoms with Crippen molar-refractivity contribution in [2.24, 2.45) is 0 Å². The molecule has 0 aliphatic carbocycles. The zero-order valence-electron chi connectivity index (χ0n) is 18.9. The van der Waals surface area contributed by atoms with E-state index in [1.807, 2.05) is 12.1 Å². The van der Waals surface area contributed by atoms with Crippen LogP contribution in [0, 0.1) is 6.92 Å². The van der Waals surface area contributed by atoms with Gasteiger partial charge >= 0.3 is 5.97 Å². The summed E-state index contributed by atoms with van der Waals surface area (Å²) in [5.74, 6) is 1.37. The molecule has 7 nitrogen and oxygen atoms in total. The van der Waals surface area contributed by atoms with E-state index in [0.29, 0.717) is 39.7 Å². The molecule has 0 amide bonds. The van der Waals surface area contributed by atoms with E-state index in [4.69, 9.17) is 23.7 Å². The van der Waals surface area contributed by atoms with Gasteiger partial charge in [0.25, 0.3) is 0 Å². The number of methoxy groups -OCH3 is 3. The predicted molar refractivity (Wildman–Crippen MR) is 129 cm³/mol. The maximum absolute atomic E-state index is 13.0. The van der Waals surface area contributed by atoms with Crippen LogP contribution in [0.25, 0.3) is 6.08 Å². The first-order chi connectivity index (χ1) is 16.3. The van der Waals surface area contributed by atoms with Crippen molar-refractivity contribution >= 4 is 33.8 Å². The lowest BCUT2D eigenvalue weighted by atomic mass is 10.0. The number of fused-ring (bicyclic) bond motifs is 1. The highest BCUT2D eigenvalue weighted by Crippen LogP contribution is 2.38. The van der Waals surface area contributed by atoms with E-state index in [1.54, 1.807) is 50.4 Å². The van der Waals surface area contributed by atoms with Crippen molar-refractivity contribution in [1.29, 1.82) is 0 Å². The van der Waals surface area contributed by atoms with Crippen LogP contribution in [-0.2, 0) is 0 Å². The van der Waals surface area contributed by atoms with Crippen LogP contribution in [0.1, 0.15) is 31.8 Å². The van der Waals surface area contributed by atoms with Crippen LogP contribution in [0.5, 0.6) is 28.7 Å². The molecule has 0 radical (unpaired) electrons. The molecule has 0 bridgehead atoms. The summed E-state index contributed by atoms with van der Waals surface area (Å²) in [5, 5.41) is 0. The Morgan fingerprint density at radius 3 is 2.26 bits per heavy atom. The fourth-order valence-electron chi connectivity index (χ4n) is 3.59. The maximum Gasteiger partial charge on any atom is 0.343 e. The van der Waals surface area contributed by atoms with Gasteiger partial charge in [0.05, 0.1) is 32.5 Å². The third-order valence-electron chi connectivity index (χ3n) is 5.22. The van der Waals surface area contributed by atoms with Gasteiger partial charge in [-0.2, -0.15) is 0 Å².